The molecule has 4 nitrogen and oxygen atoms in total. The molecule has 2 aromatic carbocycles. The van der Waals surface area contributed by atoms with Crippen LogP contribution in [0.1, 0.15) is 21.5 Å². The van der Waals surface area contributed by atoms with E-state index in [9.17, 15) is 9.59 Å². The molecule has 0 bridgehead atoms. The minimum atomic E-state index is 0.0322. The van der Waals surface area contributed by atoms with Crippen LogP contribution >= 0.6 is 11.6 Å². The van der Waals surface area contributed by atoms with Crippen LogP contribution < -0.4 is 0 Å². The Labute approximate surface area is 153 Å². The highest BCUT2D eigenvalue weighted by atomic mass is 35.5. The van der Waals surface area contributed by atoms with Crippen molar-refractivity contribution in [3.05, 3.63) is 70.2 Å². The van der Waals surface area contributed by atoms with E-state index in [2.05, 4.69) is 0 Å². The minimum absolute atomic E-state index is 0.0322. The van der Waals surface area contributed by atoms with Crippen LogP contribution in [0.15, 0.2) is 48.5 Å². The minimum Gasteiger partial charge on any atom is -0.339 e. The van der Waals surface area contributed by atoms with Gasteiger partial charge in [0.15, 0.2) is 0 Å². The van der Waals surface area contributed by atoms with Crippen molar-refractivity contribution >= 4 is 23.4 Å². The standard InChI is InChI=1S/C20H21ClN2O2/c1-15-2-6-17(7-3-15)20(25)23-12-10-22(11-13-23)19(24)14-16-4-8-18(21)9-5-16/h2-9H,10-14H2,1H3. The van der Waals surface area contributed by atoms with Crippen LogP contribution in [0.5, 0.6) is 0 Å². The molecule has 130 valence electrons. The third-order valence-electron chi connectivity index (χ3n) is 4.49. The van der Waals surface area contributed by atoms with Crippen molar-refractivity contribution in [1.29, 1.82) is 0 Å². The molecule has 0 spiro atoms. The molecule has 3 rings (SSSR count). The lowest BCUT2D eigenvalue weighted by molar-refractivity contribution is -0.131. The van der Waals surface area contributed by atoms with E-state index in [4.69, 9.17) is 11.6 Å². The van der Waals surface area contributed by atoms with Crippen LogP contribution in [-0.4, -0.2) is 47.8 Å². The number of nitrogens with zero attached hydrogens (tertiary/aromatic N) is 2. The predicted molar refractivity (Wildman–Crippen MR) is 98.8 cm³/mol. The fraction of sp³-hybridized carbons (Fsp3) is 0.300. The number of carbonyl (C=O) groups excluding carboxylic acids is 2. The number of hydrogen-bond donors (Lipinski definition) is 0. The summed E-state index contributed by atoms with van der Waals surface area (Å²) in [6.07, 6.45) is 0.364. The van der Waals surface area contributed by atoms with Gasteiger partial charge in [-0.1, -0.05) is 41.4 Å². The predicted octanol–water partition coefficient (Wildman–Crippen LogP) is 3.18. The second kappa shape index (κ2) is 7.70. The molecular formula is C20H21ClN2O2. The molecule has 25 heavy (non-hydrogen) atoms. The van der Waals surface area contributed by atoms with E-state index < -0.39 is 0 Å². The molecule has 1 fully saturated rings. The highest BCUT2D eigenvalue weighted by Gasteiger charge is 2.24. The molecule has 0 atom stereocenters. The maximum Gasteiger partial charge on any atom is 0.253 e. The lowest BCUT2D eigenvalue weighted by atomic mass is 10.1. The molecule has 1 heterocycles. The maximum absolute atomic E-state index is 12.5. The largest absolute Gasteiger partial charge is 0.339 e. The molecule has 0 aliphatic carbocycles. The van der Waals surface area contributed by atoms with Crippen LogP contribution in [0.4, 0.5) is 0 Å². The molecule has 1 aliphatic heterocycles. The van der Waals surface area contributed by atoms with E-state index in [0.717, 1.165) is 11.1 Å². The summed E-state index contributed by atoms with van der Waals surface area (Å²) in [5, 5.41) is 0.666. The molecule has 2 aromatic rings. The maximum atomic E-state index is 12.5. The summed E-state index contributed by atoms with van der Waals surface area (Å²) < 4.78 is 0. The highest BCUT2D eigenvalue weighted by Crippen LogP contribution is 2.13. The van der Waals surface area contributed by atoms with E-state index in [0.29, 0.717) is 43.2 Å². The molecule has 2 amide bonds. The third-order valence-corrected chi connectivity index (χ3v) is 4.74. The summed E-state index contributed by atoms with van der Waals surface area (Å²) in [4.78, 5) is 28.6. The number of piperazine rings is 1. The number of aryl methyl sites for hydroxylation is 1. The van der Waals surface area contributed by atoms with Crippen molar-refractivity contribution in [2.45, 2.75) is 13.3 Å². The van der Waals surface area contributed by atoms with Crippen LogP contribution in [0, 0.1) is 6.92 Å². The zero-order valence-corrected chi connectivity index (χ0v) is 15.0. The normalized spacial score (nSPS) is 14.5. The van der Waals surface area contributed by atoms with Crippen molar-refractivity contribution in [1.82, 2.24) is 9.80 Å². The Morgan fingerprint density at radius 3 is 2.04 bits per heavy atom. The van der Waals surface area contributed by atoms with Gasteiger partial charge in [-0.2, -0.15) is 0 Å². The van der Waals surface area contributed by atoms with Crippen LogP contribution in [0.2, 0.25) is 5.02 Å². The Balaban J connectivity index is 1.54. The summed E-state index contributed by atoms with van der Waals surface area (Å²) in [5.41, 5.74) is 2.79. The fourth-order valence-electron chi connectivity index (χ4n) is 2.93. The van der Waals surface area contributed by atoms with Crippen LogP contribution in [-0.2, 0) is 11.2 Å². The number of halogens is 1. The topological polar surface area (TPSA) is 40.6 Å². The van der Waals surface area contributed by atoms with Gasteiger partial charge in [0.05, 0.1) is 6.42 Å². The SMILES string of the molecule is Cc1ccc(C(=O)N2CCN(C(=O)Cc3ccc(Cl)cc3)CC2)cc1. The van der Waals surface area contributed by atoms with Gasteiger partial charge < -0.3 is 9.80 Å². The Morgan fingerprint density at radius 1 is 0.880 bits per heavy atom. The lowest BCUT2D eigenvalue weighted by Gasteiger charge is -2.35. The first-order chi connectivity index (χ1) is 12.0. The van der Waals surface area contributed by atoms with E-state index >= 15 is 0 Å². The number of rotatable bonds is 3. The molecule has 5 heteroatoms. The van der Waals surface area contributed by atoms with Gasteiger partial charge in [0, 0.05) is 36.8 Å². The second-order valence-corrected chi connectivity index (χ2v) is 6.78. The molecular weight excluding hydrogens is 336 g/mol. The summed E-state index contributed by atoms with van der Waals surface area (Å²) >= 11 is 5.87. The quantitative estimate of drug-likeness (QED) is 0.847. The smallest absolute Gasteiger partial charge is 0.253 e. The molecule has 1 saturated heterocycles. The summed E-state index contributed by atoms with van der Waals surface area (Å²) in [5.74, 6) is 0.120. The molecule has 0 N–H and O–H groups in total. The second-order valence-electron chi connectivity index (χ2n) is 6.34. The van der Waals surface area contributed by atoms with Gasteiger partial charge in [-0.05, 0) is 36.8 Å². The monoisotopic (exact) mass is 356 g/mol. The van der Waals surface area contributed by atoms with E-state index in [1.54, 1.807) is 12.1 Å². The molecule has 1 aliphatic rings. The van der Waals surface area contributed by atoms with Gasteiger partial charge in [0.25, 0.3) is 5.91 Å². The molecule has 0 unspecified atom stereocenters. The van der Waals surface area contributed by atoms with Crippen molar-refractivity contribution < 1.29 is 9.59 Å². The average molecular weight is 357 g/mol. The van der Waals surface area contributed by atoms with E-state index in [-0.39, 0.29) is 11.8 Å². The number of benzene rings is 2. The van der Waals surface area contributed by atoms with Gasteiger partial charge in [-0.3, -0.25) is 9.59 Å². The Morgan fingerprint density at radius 2 is 1.44 bits per heavy atom. The first-order valence-electron chi connectivity index (χ1n) is 8.41. The summed E-state index contributed by atoms with van der Waals surface area (Å²) in [6, 6.07) is 14.9. The Kier molecular flexibility index (Phi) is 5.39. The number of amides is 2. The first-order valence-corrected chi connectivity index (χ1v) is 8.79. The van der Waals surface area contributed by atoms with Gasteiger partial charge in [0.2, 0.25) is 5.91 Å². The molecule has 0 aromatic heterocycles. The Bertz CT molecular complexity index is 748. The first kappa shape index (κ1) is 17.5. The third kappa shape index (κ3) is 4.40. The van der Waals surface area contributed by atoms with Crippen molar-refractivity contribution in [3.8, 4) is 0 Å². The van der Waals surface area contributed by atoms with Gasteiger partial charge in [0.1, 0.15) is 0 Å². The molecule has 0 radical (unpaired) electrons. The average Bonchev–Trinajstić information content (AvgIpc) is 2.64. The van der Waals surface area contributed by atoms with Crippen LogP contribution in [0.3, 0.4) is 0 Å². The number of hydrogen-bond acceptors (Lipinski definition) is 2. The van der Waals surface area contributed by atoms with Gasteiger partial charge in [-0.15, -0.1) is 0 Å². The zero-order valence-electron chi connectivity index (χ0n) is 14.2. The van der Waals surface area contributed by atoms with Crippen molar-refractivity contribution in [3.63, 3.8) is 0 Å². The van der Waals surface area contributed by atoms with Gasteiger partial charge >= 0.3 is 0 Å². The Hall–Kier alpha value is -2.33. The van der Waals surface area contributed by atoms with Crippen molar-refractivity contribution in [2.75, 3.05) is 26.2 Å². The highest BCUT2D eigenvalue weighted by molar-refractivity contribution is 6.30. The lowest BCUT2D eigenvalue weighted by Crippen LogP contribution is -2.51. The van der Waals surface area contributed by atoms with Crippen LogP contribution in [0.25, 0.3) is 0 Å². The van der Waals surface area contributed by atoms with E-state index in [1.807, 2.05) is 53.1 Å². The summed E-state index contributed by atoms with van der Waals surface area (Å²) in [6.45, 7) is 4.28. The fourth-order valence-corrected chi connectivity index (χ4v) is 3.05. The summed E-state index contributed by atoms with van der Waals surface area (Å²) in [7, 11) is 0. The molecule has 0 saturated carbocycles. The number of carbonyl (C=O) groups is 2. The van der Waals surface area contributed by atoms with Crippen molar-refractivity contribution in [2.24, 2.45) is 0 Å². The van der Waals surface area contributed by atoms with Gasteiger partial charge in [-0.25, -0.2) is 0 Å². The van der Waals surface area contributed by atoms with E-state index in [1.165, 1.54) is 0 Å². The zero-order chi connectivity index (χ0) is 17.8.